The quantitative estimate of drug-likeness (QED) is 0.873. The number of piperazine rings is 1. The van der Waals surface area contributed by atoms with Crippen LogP contribution in [0.4, 0.5) is 0 Å². The molecule has 0 atom stereocenters. The number of nitrogens with zero attached hydrogens (tertiary/aromatic N) is 4. The summed E-state index contributed by atoms with van der Waals surface area (Å²) in [6, 6.07) is 7.48. The van der Waals surface area contributed by atoms with Gasteiger partial charge in [-0.3, -0.25) is 14.6 Å². The molecule has 2 aliphatic rings. The fourth-order valence-electron chi connectivity index (χ4n) is 4.53. The molecule has 0 aliphatic carbocycles. The first kappa shape index (κ1) is 19.0. The third kappa shape index (κ3) is 3.64. The van der Waals surface area contributed by atoms with Crippen LogP contribution in [-0.2, 0) is 6.54 Å². The van der Waals surface area contributed by atoms with Crippen molar-refractivity contribution in [3.8, 4) is 5.75 Å². The third-order valence-electron chi connectivity index (χ3n) is 6.33. The minimum Gasteiger partial charge on any atom is -0.496 e. The number of nitrogens with one attached hydrogen (secondary N) is 1. The Morgan fingerprint density at radius 1 is 1.21 bits per heavy atom. The Bertz CT molecular complexity index is 799. The predicted octanol–water partition coefficient (Wildman–Crippen LogP) is 1.84. The number of aromatic nitrogens is 2. The van der Waals surface area contributed by atoms with Crippen molar-refractivity contribution in [3.05, 3.63) is 48.0 Å². The summed E-state index contributed by atoms with van der Waals surface area (Å²) in [4.78, 5) is 27.6. The van der Waals surface area contributed by atoms with E-state index in [0.717, 1.165) is 57.9 Å². The first-order chi connectivity index (χ1) is 13.6. The maximum absolute atomic E-state index is 13.0. The van der Waals surface area contributed by atoms with Gasteiger partial charge in [0.25, 0.3) is 5.91 Å². The standard InChI is InChI=1S/C21H29N5O2/c1-24-13-14-25(15-19-22-9-10-23-19)16-21(24)7-11-26(12-8-21)20(27)17-5-3-4-6-18(17)28-2/h3-6,9-10H,7-8,11-16H2,1-2H3,(H,22,23). The summed E-state index contributed by atoms with van der Waals surface area (Å²) in [5.41, 5.74) is 0.778. The number of carbonyl (C=O) groups excluding carboxylic acids is 1. The molecule has 7 nitrogen and oxygen atoms in total. The van der Waals surface area contributed by atoms with E-state index in [4.69, 9.17) is 4.74 Å². The number of methoxy groups -OCH3 is 1. The first-order valence-corrected chi connectivity index (χ1v) is 9.95. The normalized spacial score (nSPS) is 20.4. The summed E-state index contributed by atoms with van der Waals surface area (Å²) in [6.45, 7) is 5.50. The Balaban J connectivity index is 1.42. The molecule has 0 radical (unpaired) electrons. The van der Waals surface area contributed by atoms with Crippen LogP contribution in [0.25, 0.3) is 0 Å². The lowest BCUT2D eigenvalue weighted by atomic mass is 9.83. The van der Waals surface area contributed by atoms with Gasteiger partial charge in [0, 0.05) is 50.7 Å². The molecule has 2 fully saturated rings. The number of para-hydroxylation sites is 1. The number of hydrogen-bond donors (Lipinski definition) is 1. The van der Waals surface area contributed by atoms with Crippen molar-refractivity contribution >= 4 is 5.91 Å². The van der Waals surface area contributed by atoms with E-state index in [1.165, 1.54) is 0 Å². The number of ether oxygens (including phenoxy) is 1. The number of amides is 1. The largest absolute Gasteiger partial charge is 0.496 e. The Labute approximate surface area is 166 Å². The van der Waals surface area contributed by atoms with Crippen LogP contribution >= 0.6 is 0 Å². The van der Waals surface area contributed by atoms with Crippen molar-refractivity contribution in [3.63, 3.8) is 0 Å². The van der Waals surface area contributed by atoms with Crippen LogP contribution < -0.4 is 4.74 Å². The molecule has 0 saturated carbocycles. The van der Waals surface area contributed by atoms with Gasteiger partial charge in [-0.1, -0.05) is 12.1 Å². The van der Waals surface area contributed by atoms with Gasteiger partial charge >= 0.3 is 0 Å². The van der Waals surface area contributed by atoms with Crippen molar-refractivity contribution in [2.75, 3.05) is 46.9 Å². The van der Waals surface area contributed by atoms with E-state index >= 15 is 0 Å². The topological polar surface area (TPSA) is 64.7 Å². The van der Waals surface area contributed by atoms with Gasteiger partial charge in [0.15, 0.2) is 0 Å². The van der Waals surface area contributed by atoms with Crippen molar-refractivity contribution in [1.29, 1.82) is 0 Å². The number of imidazole rings is 1. The molecular weight excluding hydrogens is 354 g/mol. The molecule has 28 heavy (non-hydrogen) atoms. The summed E-state index contributed by atoms with van der Waals surface area (Å²) < 4.78 is 5.38. The molecule has 1 aromatic heterocycles. The molecule has 2 saturated heterocycles. The highest BCUT2D eigenvalue weighted by Gasteiger charge is 2.43. The van der Waals surface area contributed by atoms with E-state index in [2.05, 4.69) is 26.8 Å². The SMILES string of the molecule is COc1ccccc1C(=O)N1CCC2(CC1)CN(Cc1ncc[nH]1)CCN2C. The van der Waals surface area contributed by atoms with Crippen LogP contribution in [0.1, 0.15) is 29.0 Å². The number of likely N-dealkylation sites (tertiary alicyclic amines) is 1. The minimum absolute atomic E-state index is 0.0678. The van der Waals surface area contributed by atoms with Crippen molar-refractivity contribution in [2.24, 2.45) is 0 Å². The fraction of sp³-hybridized carbons (Fsp3) is 0.524. The van der Waals surface area contributed by atoms with Gasteiger partial charge in [-0.2, -0.15) is 0 Å². The molecule has 3 heterocycles. The first-order valence-electron chi connectivity index (χ1n) is 9.95. The van der Waals surface area contributed by atoms with Gasteiger partial charge in [0.05, 0.1) is 19.2 Å². The van der Waals surface area contributed by atoms with E-state index < -0.39 is 0 Å². The summed E-state index contributed by atoms with van der Waals surface area (Å²) in [6.07, 6.45) is 5.66. The average Bonchev–Trinajstić information content (AvgIpc) is 3.24. The molecule has 0 bridgehead atoms. The summed E-state index contributed by atoms with van der Waals surface area (Å²) in [5, 5.41) is 0. The van der Waals surface area contributed by atoms with E-state index in [-0.39, 0.29) is 11.4 Å². The maximum atomic E-state index is 13.0. The number of benzene rings is 1. The molecular formula is C21H29N5O2. The predicted molar refractivity (Wildman–Crippen MR) is 107 cm³/mol. The van der Waals surface area contributed by atoms with Gasteiger partial charge in [-0.05, 0) is 32.0 Å². The molecule has 1 aromatic carbocycles. The zero-order chi connectivity index (χ0) is 19.6. The third-order valence-corrected chi connectivity index (χ3v) is 6.33. The van der Waals surface area contributed by atoms with E-state index in [0.29, 0.717) is 11.3 Å². The molecule has 2 aliphatic heterocycles. The molecule has 150 valence electrons. The molecule has 1 N–H and O–H groups in total. The number of aromatic amines is 1. The van der Waals surface area contributed by atoms with E-state index in [9.17, 15) is 4.79 Å². The maximum Gasteiger partial charge on any atom is 0.257 e. The monoisotopic (exact) mass is 383 g/mol. The van der Waals surface area contributed by atoms with Gasteiger partial charge in [0.2, 0.25) is 0 Å². The molecule has 4 rings (SSSR count). The van der Waals surface area contributed by atoms with Crippen LogP contribution in [0.2, 0.25) is 0 Å². The van der Waals surface area contributed by atoms with Crippen molar-refractivity contribution in [1.82, 2.24) is 24.7 Å². The second kappa shape index (κ2) is 7.93. The highest BCUT2D eigenvalue weighted by Crippen LogP contribution is 2.33. The second-order valence-electron chi connectivity index (χ2n) is 7.88. The van der Waals surface area contributed by atoms with E-state index in [1.54, 1.807) is 7.11 Å². The van der Waals surface area contributed by atoms with Crippen LogP contribution in [0.3, 0.4) is 0 Å². The second-order valence-corrected chi connectivity index (χ2v) is 7.88. The Hall–Kier alpha value is -2.38. The van der Waals surface area contributed by atoms with Crippen LogP contribution in [0.15, 0.2) is 36.7 Å². The van der Waals surface area contributed by atoms with Crippen molar-refractivity contribution in [2.45, 2.75) is 24.9 Å². The number of likely N-dealkylation sites (N-methyl/N-ethyl adjacent to an activating group) is 1. The van der Waals surface area contributed by atoms with Gasteiger partial charge in [-0.15, -0.1) is 0 Å². The highest BCUT2D eigenvalue weighted by molar-refractivity contribution is 5.97. The van der Waals surface area contributed by atoms with Gasteiger partial charge in [0.1, 0.15) is 11.6 Å². The summed E-state index contributed by atoms with van der Waals surface area (Å²) >= 11 is 0. The lowest BCUT2D eigenvalue weighted by Crippen LogP contribution is -2.64. The molecule has 0 unspecified atom stereocenters. The molecule has 7 heteroatoms. The molecule has 1 amide bonds. The van der Waals surface area contributed by atoms with Crippen LogP contribution in [0.5, 0.6) is 5.75 Å². The zero-order valence-electron chi connectivity index (χ0n) is 16.7. The zero-order valence-corrected chi connectivity index (χ0v) is 16.7. The number of carbonyl (C=O) groups is 1. The molecule has 2 aromatic rings. The van der Waals surface area contributed by atoms with Gasteiger partial charge in [-0.25, -0.2) is 4.98 Å². The van der Waals surface area contributed by atoms with Crippen LogP contribution in [0, 0.1) is 0 Å². The fourth-order valence-corrected chi connectivity index (χ4v) is 4.53. The number of rotatable bonds is 4. The summed E-state index contributed by atoms with van der Waals surface area (Å²) in [5.74, 6) is 1.73. The van der Waals surface area contributed by atoms with Crippen molar-refractivity contribution < 1.29 is 9.53 Å². The lowest BCUT2D eigenvalue weighted by molar-refractivity contribution is -0.0268. The molecule has 1 spiro atoms. The van der Waals surface area contributed by atoms with Gasteiger partial charge < -0.3 is 14.6 Å². The average molecular weight is 383 g/mol. The van der Waals surface area contributed by atoms with E-state index in [1.807, 2.05) is 41.6 Å². The Morgan fingerprint density at radius 3 is 2.71 bits per heavy atom. The Kier molecular flexibility index (Phi) is 5.37. The highest BCUT2D eigenvalue weighted by atomic mass is 16.5. The Morgan fingerprint density at radius 2 is 2.00 bits per heavy atom. The number of hydrogen-bond acceptors (Lipinski definition) is 5. The van der Waals surface area contributed by atoms with Crippen LogP contribution in [-0.4, -0.2) is 83.0 Å². The smallest absolute Gasteiger partial charge is 0.257 e. The number of H-pyrrole nitrogens is 1. The number of piperidine rings is 1. The summed E-state index contributed by atoms with van der Waals surface area (Å²) in [7, 11) is 3.84. The minimum atomic E-state index is 0.0678. The lowest BCUT2D eigenvalue weighted by Gasteiger charge is -2.53.